The van der Waals surface area contributed by atoms with Crippen molar-refractivity contribution in [1.29, 1.82) is 0 Å². The molecule has 1 heterocycles. The van der Waals surface area contributed by atoms with Gasteiger partial charge in [-0.05, 0) is 42.8 Å². The van der Waals surface area contributed by atoms with Crippen molar-refractivity contribution in [1.82, 2.24) is 0 Å². The first kappa shape index (κ1) is 15.9. The summed E-state index contributed by atoms with van der Waals surface area (Å²) in [7, 11) is 0. The standard InChI is InChI=1S/C18H19N3O3/c1-2-24-14-9-7-13(8-10-14)20-18(23)21-15-6-4-3-5-12(15)11-16(21)17(19)22/h3-10,16H,2,11H2,1H3,(H2,19,22)(H,20,23). The van der Waals surface area contributed by atoms with Gasteiger partial charge < -0.3 is 15.8 Å². The number of para-hydroxylation sites is 1. The number of primary amides is 1. The smallest absolute Gasteiger partial charge is 0.327 e. The van der Waals surface area contributed by atoms with Crippen LogP contribution in [0.1, 0.15) is 12.5 Å². The molecule has 1 unspecified atom stereocenters. The van der Waals surface area contributed by atoms with Crippen molar-refractivity contribution in [3.63, 3.8) is 0 Å². The molecule has 124 valence electrons. The third-order valence-electron chi connectivity index (χ3n) is 3.94. The predicted octanol–water partition coefficient (Wildman–Crippen LogP) is 2.53. The molecule has 1 aliphatic rings. The van der Waals surface area contributed by atoms with Crippen molar-refractivity contribution in [3.05, 3.63) is 54.1 Å². The van der Waals surface area contributed by atoms with Gasteiger partial charge in [0.25, 0.3) is 0 Å². The number of hydrogen-bond acceptors (Lipinski definition) is 3. The average molecular weight is 325 g/mol. The monoisotopic (exact) mass is 325 g/mol. The molecular formula is C18H19N3O3. The van der Waals surface area contributed by atoms with Crippen LogP contribution in [-0.2, 0) is 11.2 Å². The fraction of sp³-hybridized carbons (Fsp3) is 0.222. The van der Waals surface area contributed by atoms with Gasteiger partial charge in [-0.3, -0.25) is 9.69 Å². The summed E-state index contributed by atoms with van der Waals surface area (Å²) in [6, 6.07) is 13.4. The van der Waals surface area contributed by atoms with Gasteiger partial charge in [0.05, 0.1) is 6.61 Å². The van der Waals surface area contributed by atoms with E-state index < -0.39 is 11.9 Å². The van der Waals surface area contributed by atoms with E-state index in [0.29, 0.717) is 24.4 Å². The predicted molar refractivity (Wildman–Crippen MR) is 92.2 cm³/mol. The van der Waals surface area contributed by atoms with Crippen LogP contribution in [0.2, 0.25) is 0 Å². The summed E-state index contributed by atoms with van der Waals surface area (Å²) in [5.41, 5.74) is 7.74. The van der Waals surface area contributed by atoms with Crippen molar-refractivity contribution >= 4 is 23.3 Å². The SMILES string of the molecule is CCOc1ccc(NC(=O)N2c3ccccc3CC2C(N)=O)cc1. The lowest BCUT2D eigenvalue weighted by Crippen LogP contribution is -2.47. The van der Waals surface area contributed by atoms with E-state index in [2.05, 4.69) is 5.32 Å². The molecule has 3 amide bonds. The van der Waals surface area contributed by atoms with Gasteiger partial charge >= 0.3 is 6.03 Å². The van der Waals surface area contributed by atoms with Crippen LogP contribution >= 0.6 is 0 Å². The summed E-state index contributed by atoms with van der Waals surface area (Å²) in [5.74, 6) is 0.213. The Labute approximate surface area is 140 Å². The summed E-state index contributed by atoms with van der Waals surface area (Å²) >= 11 is 0. The van der Waals surface area contributed by atoms with Gasteiger partial charge in [0.1, 0.15) is 11.8 Å². The van der Waals surface area contributed by atoms with Crippen LogP contribution in [0, 0.1) is 0 Å². The Morgan fingerprint density at radius 2 is 1.92 bits per heavy atom. The topological polar surface area (TPSA) is 84.7 Å². The van der Waals surface area contributed by atoms with Gasteiger partial charge in [-0.1, -0.05) is 18.2 Å². The van der Waals surface area contributed by atoms with Crippen LogP contribution in [0.25, 0.3) is 0 Å². The molecule has 0 saturated heterocycles. The molecule has 1 aliphatic heterocycles. The molecule has 6 heteroatoms. The molecular weight excluding hydrogens is 306 g/mol. The highest BCUT2D eigenvalue weighted by atomic mass is 16.5. The number of benzene rings is 2. The lowest BCUT2D eigenvalue weighted by atomic mass is 10.1. The number of carbonyl (C=O) groups is 2. The van der Waals surface area contributed by atoms with Crippen molar-refractivity contribution in [2.45, 2.75) is 19.4 Å². The number of anilines is 2. The highest BCUT2D eigenvalue weighted by Crippen LogP contribution is 2.32. The first-order chi connectivity index (χ1) is 11.6. The first-order valence-electron chi connectivity index (χ1n) is 7.80. The molecule has 0 bridgehead atoms. The fourth-order valence-corrected chi connectivity index (χ4v) is 2.85. The number of hydrogen-bond donors (Lipinski definition) is 2. The minimum absolute atomic E-state index is 0.382. The number of carbonyl (C=O) groups excluding carboxylic acids is 2. The van der Waals surface area contributed by atoms with Gasteiger partial charge in [0.2, 0.25) is 5.91 Å². The zero-order valence-electron chi connectivity index (χ0n) is 13.4. The van der Waals surface area contributed by atoms with E-state index in [-0.39, 0.29) is 6.03 Å². The summed E-state index contributed by atoms with van der Waals surface area (Å²) in [6.45, 7) is 2.49. The molecule has 3 rings (SSSR count). The number of nitrogens with zero attached hydrogens (tertiary/aromatic N) is 1. The minimum Gasteiger partial charge on any atom is -0.494 e. The average Bonchev–Trinajstić information content (AvgIpc) is 2.97. The van der Waals surface area contributed by atoms with E-state index in [9.17, 15) is 9.59 Å². The van der Waals surface area contributed by atoms with E-state index in [0.717, 1.165) is 11.3 Å². The van der Waals surface area contributed by atoms with Crippen molar-refractivity contribution in [2.75, 3.05) is 16.8 Å². The molecule has 2 aromatic carbocycles. The minimum atomic E-state index is -0.676. The molecule has 0 aromatic heterocycles. The molecule has 0 spiro atoms. The van der Waals surface area contributed by atoms with Gasteiger partial charge in [0, 0.05) is 17.8 Å². The van der Waals surface area contributed by atoms with Crippen LogP contribution in [-0.4, -0.2) is 24.6 Å². The Bertz CT molecular complexity index is 758. The number of ether oxygens (including phenoxy) is 1. The van der Waals surface area contributed by atoms with E-state index >= 15 is 0 Å². The normalized spacial score (nSPS) is 15.7. The molecule has 24 heavy (non-hydrogen) atoms. The molecule has 0 saturated carbocycles. The maximum atomic E-state index is 12.7. The third-order valence-corrected chi connectivity index (χ3v) is 3.94. The van der Waals surface area contributed by atoms with Crippen molar-refractivity contribution in [2.24, 2.45) is 5.73 Å². The number of rotatable bonds is 4. The molecule has 2 aromatic rings. The zero-order valence-corrected chi connectivity index (χ0v) is 13.4. The van der Waals surface area contributed by atoms with Crippen LogP contribution in [0.3, 0.4) is 0 Å². The summed E-state index contributed by atoms with van der Waals surface area (Å²) < 4.78 is 5.38. The van der Waals surface area contributed by atoms with Crippen molar-refractivity contribution < 1.29 is 14.3 Å². The molecule has 0 radical (unpaired) electrons. The maximum Gasteiger partial charge on any atom is 0.327 e. The lowest BCUT2D eigenvalue weighted by molar-refractivity contribution is -0.119. The molecule has 1 atom stereocenters. The van der Waals surface area contributed by atoms with E-state index in [1.807, 2.05) is 31.2 Å². The van der Waals surface area contributed by atoms with E-state index in [1.165, 1.54) is 4.90 Å². The third kappa shape index (κ3) is 3.03. The van der Waals surface area contributed by atoms with Gasteiger partial charge in [-0.25, -0.2) is 4.79 Å². The zero-order chi connectivity index (χ0) is 17.1. The van der Waals surface area contributed by atoms with Crippen LogP contribution in [0.15, 0.2) is 48.5 Å². The first-order valence-corrected chi connectivity index (χ1v) is 7.80. The van der Waals surface area contributed by atoms with Crippen LogP contribution in [0.4, 0.5) is 16.2 Å². The van der Waals surface area contributed by atoms with Crippen molar-refractivity contribution in [3.8, 4) is 5.75 Å². The quantitative estimate of drug-likeness (QED) is 0.906. The highest BCUT2D eigenvalue weighted by molar-refractivity contribution is 6.08. The van der Waals surface area contributed by atoms with Gasteiger partial charge in [-0.15, -0.1) is 0 Å². The highest BCUT2D eigenvalue weighted by Gasteiger charge is 2.37. The molecule has 6 nitrogen and oxygen atoms in total. The summed E-state index contributed by atoms with van der Waals surface area (Å²) in [6.07, 6.45) is 0.433. The van der Waals surface area contributed by atoms with Gasteiger partial charge in [-0.2, -0.15) is 0 Å². The van der Waals surface area contributed by atoms with Gasteiger partial charge in [0.15, 0.2) is 0 Å². The molecule has 0 fully saturated rings. The number of nitrogens with one attached hydrogen (secondary N) is 1. The number of urea groups is 1. The Hall–Kier alpha value is -3.02. The largest absolute Gasteiger partial charge is 0.494 e. The Balaban J connectivity index is 1.81. The second-order valence-electron chi connectivity index (χ2n) is 5.51. The molecule has 0 aliphatic carbocycles. The Morgan fingerprint density at radius 3 is 2.58 bits per heavy atom. The van der Waals surface area contributed by atoms with Crippen LogP contribution < -0.4 is 20.7 Å². The number of nitrogens with two attached hydrogens (primary N) is 1. The Kier molecular flexibility index (Phi) is 4.37. The lowest BCUT2D eigenvalue weighted by Gasteiger charge is -2.23. The van der Waals surface area contributed by atoms with E-state index in [1.54, 1.807) is 24.3 Å². The fourth-order valence-electron chi connectivity index (χ4n) is 2.85. The van der Waals surface area contributed by atoms with Crippen LogP contribution in [0.5, 0.6) is 5.75 Å². The van der Waals surface area contributed by atoms with E-state index in [4.69, 9.17) is 10.5 Å². The second-order valence-corrected chi connectivity index (χ2v) is 5.51. The maximum absolute atomic E-state index is 12.7. The number of amides is 3. The number of fused-ring (bicyclic) bond motifs is 1. The summed E-state index contributed by atoms with van der Waals surface area (Å²) in [4.78, 5) is 25.8. The Morgan fingerprint density at radius 1 is 1.21 bits per heavy atom. The second kappa shape index (κ2) is 6.62. The molecule has 3 N–H and O–H groups in total. The summed E-state index contributed by atoms with van der Waals surface area (Å²) in [5, 5.41) is 2.80.